The summed E-state index contributed by atoms with van der Waals surface area (Å²) in [6.45, 7) is 0. The molecule has 0 aliphatic rings. The molecule has 9 nitrogen and oxygen atoms in total. The van der Waals surface area contributed by atoms with Gasteiger partial charge in [-0.3, -0.25) is 0 Å². The molecular formula is C16H16N8O. The standard InChI is InChI=1S/C16H16N8O/c1-23-9-8-17-16(23)15(11-4-3-5-12(10-11)25-2)18-13-6-7-14-19-21-22-24(14)20-13/h3-10,15H,1-2H3,(H,18,20). The summed E-state index contributed by atoms with van der Waals surface area (Å²) in [6.07, 6.45) is 3.67. The van der Waals surface area contributed by atoms with Crippen molar-refractivity contribution in [2.75, 3.05) is 12.4 Å². The molecule has 3 heterocycles. The topological polar surface area (TPSA) is 95.1 Å². The maximum absolute atomic E-state index is 5.35. The molecule has 1 N–H and O–H groups in total. The van der Waals surface area contributed by atoms with Gasteiger partial charge >= 0.3 is 0 Å². The number of aryl methyl sites for hydroxylation is 1. The second-order valence-corrected chi connectivity index (χ2v) is 5.50. The Morgan fingerprint density at radius 3 is 2.92 bits per heavy atom. The third-order valence-electron chi connectivity index (χ3n) is 3.91. The molecule has 3 aromatic heterocycles. The van der Waals surface area contributed by atoms with Gasteiger partial charge in [-0.1, -0.05) is 12.1 Å². The summed E-state index contributed by atoms with van der Waals surface area (Å²) in [5.41, 5.74) is 1.59. The second-order valence-electron chi connectivity index (χ2n) is 5.50. The number of hydrogen-bond donors (Lipinski definition) is 1. The fraction of sp³-hybridized carbons (Fsp3) is 0.188. The first-order valence-corrected chi connectivity index (χ1v) is 7.68. The van der Waals surface area contributed by atoms with Gasteiger partial charge in [0, 0.05) is 19.4 Å². The molecule has 4 rings (SSSR count). The molecule has 9 heteroatoms. The number of rotatable bonds is 5. The first-order chi connectivity index (χ1) is 12.2. The molecule has 1 aromatic carbocycles. The molecule has 0 radical (unpaired) electrons. The van der Waals surface area contributed by atoms with Crippen molar-refractivity contribution in [3.05, 3.63) is 60.2 Å². The largest absolute Gasteiger partial charge is 0.497 e. The molecule has 4 aromatic rings. The minimum Gasteiger partial charge on any atom is -0.497 e. The predicted molar refractivity (Wildman–Crippen MR) is 90.2 cm³/mol. The zero-order valence-corrected chi connectivity index (χ0v) is 13.7. The number of anilines is 1. The minimum atomic E-state index is -0.212. The van der Waals surface area contributed by atoms with Crippen LogP contribution in [0.5, 0.6) is 5.75 Å². The minimum absolute atomic E-state index is 0.212. The average Bonchev–Trinajstić information content (AvgIpc) is 3.28. The van der Waals surface area contributed by atoms with Gasteiger partial charge in [0.2, 0.25) is 0 Å². The Hall–Kier alpha value is -3.49. The number of aromatic nitrogens is 7. The monoisotopic (exact) mass is 336 g/mol. The van der Waals surface area contributed by atoms with Crippen LogP contribution in [0.2, 0.25) is 0 Å². The van der Waals surface area contributed by atoms with Crippen molar-refractivity contribution in [1.29, 1.82) is 0 Å². The Balaban J connectivity index is 1.75. The molecule has 1 atom stereocenters. The summed E-state index contributed by atoms with van der Waals surface area (Å²) in [5, 5.41) is 19.1. The molecule has 0 saturated carbocycles. The third-order valence-corrected chi connectivity index (χ3v) is 3.91. The molecule has 0 saturated heterocycles. The molecule has 1 unspecified atom stereocenters. The zero-order chi connectivity index (χ0) is 17.2. The Morgan fingerprint density at radius 1 is 1.20 bits per heavy atom. The van der Waals surface area contributed by atoms with Crippen molar-refractivity contribution in [2.45, 2.75) is 6.04 Å². The van der Waals surface area contributed by atoms with E-state index < -0.39 is 0 Å². The van der Waals surface area contributed by atoms with Gasteiger partial charge in [-0.05, 0) is 40.3 Å². The Labute approximate surface area is 143 Å². The second kappa shape index (κ2) is 6.19. The van der Waals surface area contributed by atoms with Crippen LogP contribution in [-0.2, 0) is 7.05 Å². The highest BCUT2D eigenvalue weighted by atomic mass is 16.5. The average molecular weight is 336 g/mol. The zero-order valence-electron chi connectivity index (χ0n) is 13.7. The predicted octanol–water partition coefficient (Wildman–Crippen LogP) is 1.46. The molecule has 0 fully saturated rings. The maximum Gasteiger partial charge on any atom is 0.200 e. The first kappa shape index (κ1) is 15.1. The molecule has 126 valence electrons. The summed E-state index contributed by atoms with van der Waals surface area (Å²) >= 11 is 0. The quantitative estimate of drug-likeness (QED) is 0.589. The summed E-state index contributed by atoms with van der Waals surface area (Å²) in [6, 6.07) is 11.3. The molecule has 0 aliphatic carbocycles. The van der Waals surface area contributed by atoms with Crippen LogP contribution in [0.15, 0.2) is 48.8 Å². The van der Waals surface area contributed by atoms with Crippen LogP contribution >= 0.6 is 0 Å². The van der Waals surface area contributed by atoms with E-state index >= 15 is 0 Å². The van der Waals surface area contributed by atoms with E-state index in [9.17, 15) is 0 Å². The highest BCUT2D eigenvalue weighted by Gasteiger charge is 2.20. The van der Waals surface area contributed by atoms with Gasteiger partial charge in [0.15, 0.2) is 5.65 Å². The van der Waals surface area contributed by atoms with Crippen molar-refractivity contribution in [3.8, 4) is 5.75 Å². The van der Waals surface area contributed by atoms with Crippen LogP contribution in [0.25, 0.3) is 5.65 Å². The van der Waals surface area contributed by atoms with Gasteiger partial charge in [0.1, 0.15) is 23.4 Å². The van der Waals surface area contributed by atoms with Gasteiger partial charge in [0.25, 0.3) is 0 Å². The number of nitrogens with one attached hydrogen (secondary N) is 1. The summed E-state index contributed by atoms with van der Waals surface area (Å²) in [7, 11) is 3.60. The molecular weight excluding hydrogens is 320 g/mol. The van der Waals surface area contributed by atoms with E-state index in [1.165, 1.54) is 4.63 Å². The fourth-order valence-electron chi connectivity index (χ4n) is 2.65. The van der Waals surface area contributed by atoms with E-state index in [0.29, 0.717) is 11.5 Å². The maximum atomic E-state index is 5.35. The lowest BCUT2D eigenvalue weighted by molar-refractivity contribution is 0.414. The number of imidazole rings is 1. The lowest BCUT2D eigenvalue weighted by Gasteiger charge is -2.20. The van der Waals surface area contributed by atoms with E-state index in [2.05, 4.69) is 30.9 Å². The number of tetrazole rings is 1. The van der Waals surface area contributed by atoms with Crippen LogP contribution < -0.4 is 10.1 Å². The Morgan fingerprint density at radius 2 is 2.12 bits per heavy atom. The van der Waals surface area contributed by atoms with E-state index in [0.717, 1.165) is 17.1 Å². The molecule has 0 spiro atoms. The van der Waals surface area contributed by atoms with Gasteiger partial charge in [-0.2, -0.15) is 0 Å². The van der Waals surface area contributed by atoms with Crippen molar-refractivity contribution >= 4 is 11.5 Å². The number of benzene rings is 1. The van der Waals surface area contributed by atoms with Crippen LogP contribution in [0.3, 0.4) is 0 Å². The van der Waals surface area contributed by atoms with Crippen LogP contribution in [0, 0.1) is 0 Å². The molecule has 0 bridgehead atoms. The highest BCUT2D eigenvalue weighted by Crippen LogP contribution is 2.27. The lowest BCUT2D eigenvalue weighted by atomic mass is 10.1. The molecule has 0 amide bonds. The number of ether oxygens (including phenoxy) is 1. The van der Waals surface area contributed by atoms with E-state index in [4.69, 9.17) is 4.74 Å². The summed E-state index contributed by atoms with van der Waals surface area (Å²) in [4.78, 5) is 4.48. The Bertz CT molecular complexity index is 1010. The SMILES string of the molecule is COc1cccc(C(Nc2ccc3nnnn3n2)c2nccn2C)c1. The number of fused-ring (bicyclic) bond motifs is 1. The number of methoxy groups -OCH3 is 1. The number of nitrogens with zero attached hydrogens (tertiary/aromatic N) is 7. The van der Waals surface area contributed by atoms with E-state index in [1.807, 2.05) is 48.1 Å². The van der Waals surface area contributed by atoms with Crippen molar-refractivity contribution in [2.24, 2.45) is 7.05 Å². The molecule has 25 heavy (non-hydrogen) atoms. The highest BCUT2D eigenvalue weighted by molar-refractivity contribution is 5.46. The van der Waals surface area contributed by atoms with Crippen molar-refractivity contribution in [1.82, 2.24) is 34.8 Å². The third kappa shape index (κ3) is 2.87. The summed E-state index contributed by atoms with van der Waals surface area (Å²) in [5.74, 6) is 2.27. The van der Waals surface area contributed by atoms with E-state index in [1.54, 1.807) is 19.4 Å². The van der Waals surface area contributed by atoms with Gasteiger partial charge in [-0.25, -0.2) is 4.98 Å². The van der Waals surface area contributed by atoms with E-state index in [-0.39, 0.29) is 6.04 Å². The smallest absolute Gasteiger partial charge is 0.200 e. The van der Waals surface area contributed by atoms with Crippen molar-refractivity contribution < 1.29 is 4.74 Å². The van der Waals surface area contributed by atoms with Gasteiger partial charge in [0.05, 0.1) is 7.11 Å². The van der Waals surface area contributed by atoms with Crippen LogP contribution in [0.4, 0.5) is 5.82 Å². The molecule has 0 aliphatic heterocycles. The normalized spacial score (nSPS) is 12.2. The fourth-order valence-corrected chi connectivity index (χ4v) is 2.65. The number of hydrogen-bond acceptors (Lipinski definition) is 7. The lowest BCUT2D eigenvalue weighted by Crippen LogP contribution is -2.18. The van der Waals surface area contributed by atoms with Crippen molar-refractivity contribution in [3.63, 3.8) is 0 Å². The van der Waals surface area contributed by atoms with Gasteiger partial charge < -0.3 is 14.6 Å². The summed E-state index contributed by atoms with van der Waals surface area (Å²) < 4.78 is 8.69. The van der Waals surface area contributed by atoms with Crippen LogP contribution in [-0.4, -0.2) is 41.9 Å². The van der Waals surface area contributed by atoms with Crippen LogP contribution in [0.1, 0.15) is 17.4 Å². The Kier molecular flexibility index (Phi) is 3.73. The first-order valence-electron chi connectivity index (χ1n) is 7.68. The van der Waals surface area contributed by atoms with Gasteiger partial charge in [-0.15, -0.1) is 14.8 Å².